The highest BCUT2D eigenvalue weighted by molar-refractivity contribution is 5.75. The Kier molecular flexibility index (Phi) is 9.37. The second kappa shape index (κ2) is 10.0. The first-order valence-electron chi connectivity index (χ1n) is 5.87. The molecule has 1 unspecified atom stereocenters. The fourth-order valence-electron chi connectivity index (χ4n) is 1.31. The van der Waals surface area contributed by atoms with Crippen LogP contribution in [0.3, 0.4) is 0 Å². The minimum atomic E-state index is -0.500. The first kappa shape index (κ1) is 15.9. The fourth-order valence-corrected chi connectivity index (χ4v) is 1.31. The van der Waals surface area contributed by atoms with Gasteiger partial charge in [0.1, 0.15) is 12.6 Å². The van der Waals surface area contributed by atoms with Crippen molar-refractivity contribution >= 4 is 11.9 Å². The van der Waals surface area contributed by atoms with Gasteiger partial charge in [0.05, 0.1) is 13.2 Å². The molecule has 0 saturated carbocycles. The molecule has 0 radical (unpaired) electrons. The summed E-state index contributed by atoms with van der Waals surface area (Å²) in [5.74, 6) is -0.746. The van der Waals surface area contributed by atoms with Crippen LogP contribution in [0.4, 0.5) is 0 Å². The molecule has 0 aliphatic rings. The summed E-state index contributed by atoms with van der Waals surface area (Å²) in [6, 6.07) is -0.308. The van der Waals surface area contributed by atoms with E-state index in [-0.39, 0.29) is 18.6 Å². The molecule has 0 heterocycles. The summed E-state index contributed by atoms with van der Waals surface area (Å²) < 4.78 is 9.91. The Morgan fingerprint density at radius 1 is 1.35 bits per heavy atom. The predicted molar refractivity (Wildman–Crippen MR) is 63.3 cm³/mol. The molecule has 0 aromatic heterocycles. The van der Waals surface area contributed by atoms with Gasteiger partial charge < -0.3 is 20.5 Å². The smallest absolute Gasteiger partial charge is 0.323 e. The lowest BCUT2D eigenvalue weighted by atomic mass is 10.1. The van der Waals surface area contributed by atoms with Crippen molar-refractivity contribution in [3.63, 3.8) is 0 Å². The van der Waals surface area contributed by atoms with Crippen LogP contribution in [-0.2, 0) is 19.1 Å². The highest BCUT2D eigenvalue weighted by atomic mass is 16.5. The summed E-state index contributed by atoms with van der Waals surface area (Å²) >= 11 is 0. The van der Waals surface area contributed by atoms with Gasteiger partial charge in [-0.25, -0.2) is 0 Å². The number of hydrogen-bond donors (Lipinski definition) is 2. The van der Waals surface area contributed by atoms with Gasteiger partial charge in [-0.15, -0.1) is 0 Å². The molecule has 0 aliphatic heterocycles. The van der Waals surface area contributed by atoms with Gasteiger partial charge in [-0.1, -0.05) is 13.3 Å². The van der Waals surface area contributed by atoms with Gasteiger partial charge in [0.25, 0.3) is 0 Å². The Bertz CT molecular complexity index is 234. The monoisotopic (exact) mass is 246 g/mol. The third-order valence-electron chi connectivity index (χ3n) is 2.03. The number of carbonyl (C=O) groups is 2. The molecule has 17 heavy (non-hydrogen) atoms. The summed E-state index contributed by atoms with van der Waals surface area (Å²) in [7, 11) is 0. The molecular weight excluding hydrogens is 224 g/mol. The van der Waals surface area contributed by atoms with Crippen LogP contribution < -0.4 is 11.1 Å². The van der Waals surface area contributed by atoms with Gasteiger partial charge in [0.2, 0.25) is 5.91 Å². The third-order valence-corrected chi connectivity index (χ3v) is 2.03. The SMILES string of the molecule is CCCC(NCCOCC(N)=O)C(=O)OCC. The third kappa shape index (κ3) is 8.65. The number of nitrogens with one attached hydrogen (secondary N) is 1. The van der Waals surface area contributed by atoms with Crippen LogP contribution in [0.5, 0.6) is 0 Å². The molecule has 100 valence electrons. The molecule has 6 heteroatoms. The maximum Gasteiger partial charge on any atom is 0.323 e. The first-order chi connectivity index (χ1) is 8.11. The van der Waals surface area contributed by atoms with Gasteiger partial charge in [-0.3, -0.25) is 9.59 Å². The molecule has 0 saturated heterocycles. The van der Waals surface area contributed by atoms with E-state index in [0.29, 0.717) is 26.2 Å². The summed E-state index contributed by atoms with van der Waals surface area (Å²) in [5, 5.41) is 3.03. The van der Waals surface area contributed by atoms with Gasteiger partial charge in [-0.05, 0) is 13.3 Å². The maximum atomic E-state index is 11.5. The van der Waals surface area contributed by atoms with E-state index in [0.717, 1.165) is 6.42 Å². The van der Waals surface area contributed by atoms with E-state index in [2.05, 4.69) is 5.32 Å². The van der Waals surface area contributed by atoms with Crippen molar-refractivity contribution in [1.82, 2.24) is 5.32 Å². The van der Waals surface area contributed by atoms with Crippen LogP contribution in [0.15, 0.2) is 0 Å². The number of primary amides is 1. The zero-order valence-corrected chi connectivity index (χ0v) is 10.5. The van der Waals surface area contributed by atoms with Crippen molar-refractivity contribution in [2.75, 3.05) is 26.4 Å². The highest BCUT2D eigenvalue weighted by Gasteiger charge is 2.17. The van der Waals surface area contributed by atoms with Crippen LogP contribution in [0.1, 0.15) is 26.7 Å². The molecule has 0 aliphatic carbocycles. The molecule has 0 fully saturated rings. The minimum Gasteiger partial charge on any atom is -0.465 e. The van der Waals surface area contributed by atoms with Gasteiger partial charge in [0.15, 0.2) is 0 Å². The standard InChI is InChI=1S/C11H22N2O4/c1-3-5-9(11(15)17-4-2)13-6-7-16-8-10(12)14/h9,13H,3-8H2,1-2H3,(H2,12,14). The predicted octanol–water partition coefficient (Wildman–Crippen LogP) is -0.190. The second-order valence-corrected chi connectivity index (χ2v) is 3.57. The lowest BCUT2D eigenvalue weighted by Crippen LogP contribution is -2.40. The fraction of sp³-hybridized carbons (Fsp3) is 0.818. The molecule has 0 rings (SSSR count). The number of ether oxygens (including phenoxy) is 2. The zero-order chi connectivity index (χ0) is 13.1. The topological polar surface area (TPSA) is 90.6 Å². The van der Waals surface area contributed by atoms with E-state index in [1.807, 2.05) is 6.92 Å². The van der Waals surface area contributed by atoms with E-state index in [9.17, 15) is 9.59 Å². The number of amides is 1. The molecule has 0 spiro atoms. The molecule has 3 N–H and O–H groups in total. The van der Waals surface area contributed by atoms with Crippen molar-refractivity contribution in [3.05, 3.63) is 0 Å². The van der Waals surface area contributed by atoms with Crippen LogP contribution >= 0.6 is 0 Å². The minimum absolute atomic E-state index is 0.0977. The first-order valence-corrected chi connectivity index (χ1v) is 5.87. The molecule has 1 amide bonds. The molecular formula is C11H22N2O4. The molecule has 0 bridgehead atoms. The lowest BCUT2D eigenvalue weighted by molar-refractivity contribution is -0.146. The van der Waals surface area contributed by atoms with Crippen molar-refractivity contribution in [3.8, 4) is 0 Å². The van der Waals surface area contributed by atoms with Crippen LogP contribution in [0.2, 0.25) is 0 Å². The number of esters is 1. The van der Waals surface area contributed by atoms with Crippen LogP contribution in [-0.4, -0.2) is 44.3 Å². The quantitative estimate of drug-likeness (QED) is 0.412. The average Bonchev–Trinajstić information content (AvgIpc) is 2.27. The summed E-state index contributed by atoms with van der Waals surface area (Å²) in [6.45, 7) is 4.87. The average molecular weight is 246 g/mol. The number of nitrogens with two attached hydrogens (primary N) is 1. The van der Waals surface area contributed by atoms with Crippen LogP contribution in [0.25, 0.3) is 0 Å². The number of carbonyl (C=O) groups excluding carboxylic acids is 2. The lowest BCUT2D eigenvalue weighted by Gasteiger charge is -2.16. The van der Waals surface area contributed by atoms with Crippen molar-refractivity contribution in [2.24, 2.45) is 5.73 Å². The highest BCUT2D eigenvalue weighted by Crippen LogP contribution is 1.99. The number of rotatable bonds is 10. The van der Waals surface area contributed by atoms with E-state index in [1.54, 1.807) is 6.92 Å². The Labute approximate surface area is 102 Å². The number of hydrogen-bond acceptors (Lipinski definition) is 5. The molecule has 0 aromatic carbocycles. The summed E-state index contributed by atoms with van der Waals surface area (Å²) in [4.78, 5) is 21.9. The van der Waals surface area contributed by atoms with Crippen LogP contribution in [0, 0.1) is 0 Å². The molecule has 1 atom stereocenters. The Morgan fingerprint density at radius 2 is 2.06 bits per heavy atom. The maximum absolute atomic E-state index is 11.5. The second-order valence-electron chi connectivity index (χ2n) is 3.57. The largest absolute Gasteiger partial charge is 0.465 e. The van der Waals surface area contributed by atoms with Crippen molar-refractivity contribution in [2.45, 2.75) is 32.7 Å². The van der Waals surface area contributed by atoms with E-state index in [4.69, 9.17) is 15.2 Å². The van der Waals surface area contributed by atoms with Gasteiger partial charge in [0, 0.05) is 6.54 Å². The Morgan fingerprint density at radius 3 is 2.59 bits per heavy atom. The van der Waals surface area contributed by atoms with E-state index >= 15 is 0 Å². The molecule has 6 nitrogen and oxygen atoms in total. The van der Waals surface area contributed by atoms with E-state index < -0.39 is 5.91 Å². The Balaban J connectivity index is 3.76. The molecule has 0 aromatic rings. The zero-order valence-electron chi connectivity index (χ0n) is 10.5. The van der Waals surface area contributed by atoms with Gasteiger partial charge >= 0.3 is 5.97 Å². The normalized spacial score (nSPS) is 12.1. The van der Waals surface area contributed by atoms with Gasteiger partial charge in [-0.2, -0.15) is 0 Å². The Hall–Kier alpha value is -1.14. The van der Waals surface area contributed by atoms with E-state index in [1.165, 1.54) is 0 Å². The van der Waals surface area contributed by atoms with Crippen molar-refractivity contribution < 1.29 is 19.1 Å². The van der Waals surface area contributed by atoms with Crippen molar-refractivity contribution in [1.29, 1.82) is 0 Å². The summed E-state index contributed by atoms with van der Waals surface area (Å²) in [5.41, 5.74) is 4.91. The summed E-state index contributed by atoms with van der Waals surface area (Å²) in [6.07, 6.45) is 1.60.